The van der Waals surface area contributed by atoms with Gasteiger partial charge in [0.2, 0.25) is 0 Å². The van der Waals surface area contributed by atoms with Gasteiger partial charge in [-0.15, -0.1) is 0 Å². The molecule has 2 aromatic heterocycles. The second-order valence-corrected chi connectivity index (χ2v) is 7.08. The van der Waals surface area contributed by atoms with Crippen LogP contribution in [-0.2, 0) is 7.05 Å². The third-order valence-electron chi connectivity index (χ3n) is 5.23. The van der Waals surface area contributed by atoms with E-state index in [2.05, 4.69) is 33.4 Å². The molecule has 1 aliphatic heterocycles. The Morgan fingerprint density at radius 3 is 2.84 bits per heavy atom. The largest absolute Gasteiger partial charge is 0.351 e. The van der Waals surface area contributed by atoms with Crippen LogP contribution in [0.3, 0.4) is 0 Å². The Hall–Kier alpha value is -2.56. The van der Waals surface area contributed by atoms with Gasteiger partial charge in [0.1, 0.15) is 0 Å². The maximum absolute atomic E-state index is 13.2. The number of amides is 1. The summed E-state index contributed by atoms with van der Waals surface area (Å²) < 4.78 is 4.15. The van der Waals surface area contributed by atoms with Crippen LogP contribution in [0.2, 0.25) is 0 Å². The molecule has 1 amide bonds. The lowest BCUT2D eigenvalue weighted by Gasteiger charge is -2.33. The van der Waals surface area contributed by atoms with Crippen LogP contribution >= 0.6 is 0 Å². The Kier molecular flexibility index (Phi) is 3.86. The molecule has 1 unspecified atom stereocenters. The number of rotatable bonds is 2. The first-order valence-electron chi connectivity index (χ1n) is 8.90. The van der Waals surface area contributed by atoms with Crippen molar-refractivity contribution in [3.05, 3.63) is 53.5 Å². The first-order valence-corrected chi connectivity index (χ1v) is 8.90. The number of hydrogen-bond acceptors (Lipinski definition) is 2. The van der Waals surface area contributed by atoms with E-state index in [-0.39, 0.29) is 11.9 Å². The number of piperidine rings is 1. The van der Waals surface area contributed by atoms with E-state index in [4.69, 9.17) is 0 Å². The van der Waals surface area contributed by atoms with Crippen molar-refractivity contribution in [2.45, 2.75) is 32.7 Å². The highest BCUT2D eigenvalue weighted by Gasteiger charge is 2.27. The second kappa shape index (κ2) is 6.06. The predicted molar refractivity (Wildman–Crippen MR) is 98.8 cm³/mol. The van der Waals surface area contributed by atoms with E-state index in [9.17, 15) is 4.79 Å². The summed E-state index contributed by atoms with van der Waals surface area (Å²) in [5.74, 6) is 0.128. The van der Waals surface area contributed by atoms with E-state index in [1.54, 1.807) is 0 Å². The number of aryl methyl sites for hydroxylation is 3. The smallest absolute Gasteiger partial charge is 0.254 e. The highest BCUT2D eigenvalue weighted by Crippen LogP contribution is 2.26. The molecule has 0 radical (unpaired) electrons. The molecule has 25 heavy (non-hydrogen) atoms. The van der Waals surface area contributed by atoms with E-state index in [1.807, 2.05) is 43.3 Å². The average molecular weight is 336 g/mol. The van der Waals surface area contributed by atoms with Gasteiger partial charge in [-0.1, -0.05) is 6.07 Å². The number of nitrogens with zero attached hydrogens (tertiary/aromatic N) is 4. The Morgan fingerprint density at radius 1 is 1.24 bits per heavy atom. The molecule has 3 heterocycles. The van der Waals surface area contributed by atoms with Gasteiger partial charge in [-0.25, -0.2) is 0 Å². The van der Waals surface area contributed by atoms with E-state index in [0.29, 0.717) is 0 Å². The minimum absolute atomic E-state index is 0.128. The lowest BCUT2D eigenvalue weighted by atomic mass is 10.0. The van der Waals surface area contributed by atoms with Crippen molar-refractivity contribution in [2.24, 2.45) is 7.05 Å². The lowest BCUT2D eigenvalue weighted by molar-refractivity contribution is 0.0673. The van der Waals surface area contributed by atoms with Gasteiger partial charge in [-0.3, -0.25) is 9.48 Å². The van der Waals surface area contributed by atoms with Crippen LogP contribution < -0.4 is 0 Å². The average Bonchev–Trinajstić information content (AvgIpc) is 3.16. The number of fused-ring (bicyclic) bond motifs is 1. The molecule has 5 nitrogen and oxygen atoms in total. The molecule has 1 atom stereocenters. The third-order valence-corrected chi connectivity index (χ3v) is 5.23. The summed E-state index contributed by atoms with van der Waals surface area (Å²) in [6, 6.07) is 10.4. The standard InChI is InChI=1S/C20H24N4O/c1-14-12-15(2)24(21-14)16-6-5-10-23(13-16)20(25)18-7-4-8-19-17(18)9-11-22(19)3/h4,7-9,11-12,16H,5-6,10,13H2,1-3H3. The molecule has 1 fully saturated rings. The second-order valence-electron chi connectivity index (χ2n) is 7.08. The minimum atomic E-state index is 0.128. The minimum Gasteiger partial charge on any atom is -0.351 e. The van der Waals surface area contributed by atoms with Crippen molar-refractivity contribution in [1.29, 1.82) is 0 Å². The Balaban J connectivity index is 1.62. The quantitative estimate of drug-likeness (QED) is 0.719. The van der Waals surface area contributed by atoms with Crippen LogP contribution in [0.15, 0.2) is 36.5 Å². The van der Waals surface area contributed by atoms with Crippen LogP contribution in [0.1, 0.15) is 40.6 Å². The van der Waals surface area contributed by atoms with Crippen LogP contribution in [0.25, 0.3) is 10.9 Å². The molecule has 4 rings (SSSR count). The Bertz CT molecular complexity index is 936. The fourth-order valence-corrected chi connectivity index (χ4v) is 4.01. The van der Waals surface area contributed by atoms with Crippen LogP contribution in [0.4, 0.5) is 0 Å². The van der Waals surface area contributed by atoms with Crippen LogP contribution in [-0.4, -0.2) is 38.2 Å². The van der Waals surface area contributed by atoms with Crippen molar-refractivity contribution in [1.82, 2.24) is 19.2 Å². The zero-order chi connectivity index (χ0) is 17.6. The van der Waals surface area contributed by atoms with E-state index in [1.165, 1.54) is 5.69 Å². The third kappa shape index (κ3) is 2.73. The van der Waals surface area contributed by atoms with E-state index >= 15 is 0 Å². The fraction of sp³-hybridized carbons (Fsp3) is 0.400. The molecular formula is C20H24N4O. The molecule has 0 saturated carbocycles. The van der Waals surface area contributed by atoms with Crippen molar-refractivity contribution in [3.8, 4) is 0 Å². The molecule has 0 spiro atoms. The summed E-state index contributed by atoms with van der Waals surface area (Å²) in [6.45, 7) is 5.65. The summed E-state index contributed by atoms with van der Waals surface area (Å²) in [5, 5.41) is 5.66. The zero-order valence-electron chi connectivity index (χ0n) is 15.1. The van der Waals surface area contributed by atoms with Gasteiger partial charge in [0, 0.05) is 48.5 Å². The van der Waals surface area contributed by atoms with Crippen molar-refractivity contribution < 1.29 is 4.79 Å². The summed E-state index contributed by atoms with van der Waals surface area (Å²) in [5.41, 5.74) is 4.10. The topological polar surface area (TPSA) is 43.1 Å². The van der Waals surface area contributed by atoms with E-state index in [0.717, 1.165) is 48.1 Å². The summed E-state index contributed by atoms with van der Waals surface area (Å²) >= 11 is 0. The predicted octanol–water partition coefficient (Wildman–Crippen LogP) is 3.47. The first-order chi connectivity index (χ1) is 12.0. The highest BCUT2D eigenvalue weighted by atomic mass is 16.2. The van der Waals surface area contributed by atoms with Gasteiger partial charge in [-0.05, 0) is 51.0 Å². The molecule has 1 saturated heterocycles. The monoisotopic (exact) mass is 336 g/mol. The number of hydrogen-bond donors (Lipinski definition) is 0. The molecule has 1 aliphatic rings. The summed E-state index contributed by atoms with van der Waals surface area (Å²) in [7, 11) is 2.01. The fourth-order valence-electron chi connectivity index (χ4n) is 4.01. The van der Waals surface area contributed by atoms with Gasteiger partial charge in [0.25, 0.3) is 5.91 Å². The van der Waals surface area contributed by atoms with Gasteiger partial charge in [0.05, 0.1) is 11.7 Å². The molecule has 130 valence electrons. The van der Waals surface area contributed by atoms with Crippen LogP contribution in [0.5, 0.6) is 0 Å². The number of benzene rings is 1. The van der Waals surface area contributed by atoms with E-state index < -0.39 is 0 Å². The molecule has 0 bridgehead atoms. The highest BCUT2D eigenvalue weighted by molar-refractivity contribution is 6.06. The van der Waals surface area contributed by atoms with Gasteiger partial charge >= 0.3 is 0 Å². The van der Waals surface area contributed by atoms with Crippen molar-refractivity contribution in [3.63, 3.8) is 0 Å². The SMILES string of the molecule is Cc1cc(C)n(C2CCCN(C(=O)c3cccc4c3ccn4C)C2)n1. The van der Waals surface area contributed by atoms with Crippen molar-refractivity contribution in [2.75, 3.05) is 13.1 Å². The normalized spacial score (nSPS) is 18.0. The number of likely N-dealkylation sites (tertiary alicyclic amines) is 1. The van der Waals surface area contributed by atoms with Gasteiger partial charge in [0.15, 0.2) is 0 Å². The molecule has 0 N–H and O–H groups in total. The number of aromatic nitrogens is 3. The van der Waals surface area contributed by atoms with Gasteiger partial charge < -0.3 is 9.47 Å². The molecule has 3 aromatic rings. The molecule has 0 aliphatic carbocycles. The van der Waals surface area contributed by atoms with Crippen LogP contribution in [0, 0.1) is 13.8 Å². The summed E-state index contributed by atoms with van der Waals surface area (Å²) in [6.07, 6.45) is 4.09. The lowest BCUT2D eigenvalue weighted by Crippen LogP contribution is -2.41. The number of carbonyl (C=O) groups excluding carboxylic acids is 1. The zero-order valence-corrected chi connectivity index (χ0v) is 15.1. The number of carbonyl (C=O) groups is 1. The summed E-state index contributed by atoms with van der Waals surface area (Å²) in [4.78, 5) is 15.2. The maximum Gasteiger partial charge on any atom is 0.254 e. The maximum atomic E-state index is 13.2. The first kappa shape index (κ1) is 15.9. The van der Waals surface area contributed by atoms with Gasteiger partial charge in [-0.2, -0.15) is 5.10 Å². The molecule has 1 aromatic carbocycles. The molecule has 5 heteroatoms. The Labute approximate surface area is 147 Å². The molecular weight excluding hydrogens is 312 g/mol. The van der Waals surface area contributed by atoms with Crippen molar-refractivity contribution >= 4 is 16.8 Å². The Morgan fingerprint density at radius 2 is 2.08 bits per heavy atom.